The third-order valence-electron chi connectivity index (χ3n) is 1.05. The molecule has 0 spiro atoms. The summed E-state index contributed by atoms with van der Waals surface area (Å²) >= 11 is 0. The van der Waals surface area contributed by atoms with E-state index in [1.165, 1.54) is 4.80 Å². The van der Waals surface area contributed by atoms with Crippen molar-refractivity contribution in [3.63, 3.8) is 0 Å². The van der Waals surface area contributed by atoms with Crippen LogP contribution in [0.4, 0.5) is 0 Å². The van der Waals surface area contributed by atoms with Crippen LogP contribution in [0, 0.1) is 0 Å². The minimum atomic E-state index is 0.101. The molecule has 1 aromatic heterocycles. The van der Waals surface area contributed by atoms with Gasteiger partial charge in [0.2, 0.25) is 0 Å². The Morgan fingerprint density at radius 2 is 2.40 bits per heavy atom. The first-order valence-electron chi connectivity index (χ1n) is 3.17. The van der Waals surface area contributed by atoms with E-state index in [1.54, 1.807) is 7.05 Å². The molecule has 0 saturated heterocycles. The highest BCUT2D eigenvalue weighted by Crippen LogP contribution is 1.89. The van der Waals surface area contributed by atoms with Crippen LogP contribution in [-0.4, -0.2) is 26.2 Å². The molecule has 1 atom stereocenters. The maximum Gasteiger partial charge on any atom is 0.176 e. The fourth-order valence-corrected chi connectivity index (χ4v) is 0.693. The number of nitrogens with two attached hydrogens (primary N) is 1. The highest BCUT2D eigenvalue weighted by molar-refractivity contribution is 4.80. The van der Waals surface area contributed by atoms with E-state index < -0.39 is 0 Å². The van der Waals surface area contributed by atoms with Crippen molar-refractivity contribution in [2.75, 3.05) is 0 Å². The number of hydrogen-bond acceptors (Lipinski definition) is 4. The average molecular weight is 141 g/mol. The zero-order chi connectivity index (χ0) is 7.56. The first-order valence-corrected chi connectivity index (χ1v) is 3.17. The molecule has 0 aliphatic heterocycles. The van der Waals surface area contributed by atoms with Crippen LogP contribution in [0.2, 0.25) is 0 Å². The molecule has 1 aromatic rings. The number of aryl methyl sites for hydroxylation is 1. The Bertz CT molecular complexity index is 204. The average Bonchev–Trinajstić information content (AvgIpc) is 2.13. The maximum absolute atomic E-state index is 5.52. The van der Waals surface area contributed by atoms with Crippen molar-refractivity contribution in [3.8, 4) is 0 Å². The number of rotatable bonds is 2. The van der Waals surface area contributed by atoms with Crippen LogP contribution in [0.3, 0.4) is 0 Å². The lowest BCUT2D eigenvalue weighted by molar-refractivity contribution is 0.624. The van der Waals surface area contributed by atoms with Gasteiger partial charge in [-0.1, -0.05) is 0 Å². The van der Waals surface area contributed by atoms with Crippen molar-refractivity contribution in [1.82, 2.24) is 20.2 Å². The van der Waals surface area contributed by atoms with Crippen LogP contribution in [0.5, 0.6) is 0 Å². The normalized spacial score (nSPS) is 13.5. The van der Waals surface area contributed by atoms with Gasteiger partial charge in [-0.15, -0.1) is 10.2 Å². The SMILES string of the molecule is CC(N)Cc1nnn(C)n1. The minimum absolute atomic E-state index is 0.101. The Kier molecular flexibility index (Phi) is 1.96. The highest BCUT2D eigenvalue weighted by atomic mass is 15.6. The summed E-state index contributed by atoms with van der Waals surface area (Å²) in [6.07, 6.45) is 0.688. The molecule has 0 radical (unpaired) electrons. The van der Waals surface area contributed by atoms with E-state index in [4.69, 9.17) is 5.73 Å². The first kappa shape index (κ1) is 7.14. The number of tetrazole rings is 1. The van der Waals surface area contributed by atoms with E-state index in [2.05, 4.69) is 15.4 Å². The highest BCUT2D eigenvalue weighted by Gasteiger charge is 2.02. The van der Waals surface area contributed by atoms with Gasteiger partial charge in [0.1, 0.15) is 0 Å². The summed E-state index contributed by atoms with van der Waals surface area (Å²) in [6, 6.07) is 0.101. The zero-order valence-electron chi connectivity index (χ0n) is 6.15. The largest absolute Gasteiger partial charge is 0.328 e. The Morgan fingerprint density at radius 3 is 2.80 bits per heavy atom. The molecular formula is C5H11N5. The van der Waals surface area contributed by atoms with Gasteiger partial charge in [0, 0.05) is 12.5 Å². The molecule has 0 amide bonds. The molecule has 1 heterocycles. The fraction of sp³-hybridized carbons (Fsp3) is 0.800. The molecule has 56 valence electrons. The molecule has 5 nitrogen and oxygen atoms in total. The molecule has 1 unspecified atom stereocenters. The van der Waals surface area contributed by atoms with Crippen molar-refractivity contribution in [2.24, 2.45) is 12.8 Å². The fourth-order valence-electron chi connectivity index (χ4n) is 0.693. The van der Waals surface area contributed by atoms with Gasteiger partial charge in [-0.25, -0.2) is 0 Å². The van der Waals surface area contributed by atoms with Crippen molar-refractivity contribution >= 4 is 0 Å². The summed E-state index contributed by atoms with van der Waals surface area (Å²) in [5, 5.41) is 11.4. The summed E-state index contributed by atoms with van der Waals surface area (Å²) in [5.41, 5.74) is 5.52. The Labute approximate surface area is 59.2 Å². The molecule has 10 heavy (non-hydrogen) atoms. The van der Waals surface area contributed by atoms with Gasteiger partial charge in [-0.05, 0) is 12.1 Å². The lowest BCUT2D eigenvalue weighted by Crippen LogP contribution is -2.18. The molecule has 0 bridgehead atoms. The van der Waals surface area contributed by atoms with E-state index in [1.807, 2.05) is 6.92 Å². The summed E-state index contributed by atoms with van der Waals surface area (Å²) in [4.78, 5) is 1.43. The second-order valence-corrected chi connectivity index (χ2v) is 2.38. The molecule has 2 N–H and O–H groups in total. The quantitative estimate of drug-likeness (QED) is 0.579. The molecule has 0 aromatic carbocycles. The summed E-state index contributed by atoms with van der Waals surface area (Å²) in [7, 11) is 1.73. The van der Waals surface area contributed by atoms with E-state index in [9.17, 15) is 0 Å². The summed E-state index contributed by atoms with van der Waals surface area (Å²) in [5.74, 6) is 0.706. The zero-order valence-corrected chi connectivity index (χ0v) is 6.15. The lowest BCUT2D eigenvalue weighted by atomic mass is 10.2. The molecule has 0 aliphatic carbocycles. The molecule has 0 fully saturated rings. The molecule has 1 rings (SSSR count). The lowest BCUT2D eigenvalue weighted by Gasteiger charge is -1.96. The second kappa shape index (κ2) is 2.74. The number of aromatic nitrogens is 4. The summed E-state index contributed by atoms with van der Waals surface area (Å²) in [6.45, 7) is 1.91. The van der Waals surface area contributed by atoms with E-state index in [0.29, 0.717) is 12.2 Å². The smallest absolute Gasteiger partial charge is 0.176 e. The van der Waals surface area contributed by atoms with Gasteiger partial charge in [0.25, 0.3) is 0 Å². The Balaban J connectivity index is 2.58. The van der Waals surface area contributed by atoms with Crippen LogP contribution in [-0.2, 0) is 13.5 Å². The Hall–Kier alpha value is -0.970. The Morgan fingerprint density at radius 1 is 1.70 bits per heavy atom. The van der Waals surface area contributed by atoms with Gasteiger partial charge in [0.15, 0.2) is 5.82 Å². The predicted octanol–water partition coefficient (Wildman–Crippen LogP) is -0.900. The van der Waals surface area contributed by atoms with Crippen molar-refractivity contribution in [1.29, 1.82) is 0 Å². The minimum Gasteiger partial charge on any atom is -0.328 e. The van der Waals surface area contributed by atoms with Gasteiger partial charge in [0.05, 0.1) is 7.05 Å². The van der Waals surface area contributed by atoms with Crippen molar-refractivity contribution < 1.29 is 0 Å². The number of hydrogen-bond donors (Lipinski definition) is 1. The topological polar surface area (TPSA) is 69.6 Å². The molecular weight excluding hydrogens is 130 g/mol. The van der Waals surface area contributed by atoms with Crippen molar-refractivity contribution in [2.45, 2.75) is 19.4 Å². The number of nitrogens with zero attached hydrogens (tertiary/aromatic N) is 4. The van der Waals surface area contributed by atoms with Gasteiger partial charge in [-0.2, -0.15) is 4.80 Å². The molecule has 5 heteroatoms. The molecule has 0 saturated carbocycles. The van der Waals surface area contributed by atoms with Gasteiger partial charge < -0.3 is 5.73 Å². The third-order valence-corrected chi connectivity index (χ3v) is 1.05. The first-order chi connectivity index (χ1) is 4.68. The van der Waals surface area contributed by atoms with Crippen LogP contribution in [0.1, 0.15) is 12.7 Å². The van der Waals surface area contributed by atoms with Gasteiger partial charge in [-0.3, -0.25) is 0 Å². The van der Waals surface area contributed by atoms with Crippen LogP contribution < -0.4 is 5.73 Å². The standard InChI is InChI=1S/C5H11N5/c1-4(6)3-5-7-9-10(2)8-5/h4H,3,6H2,1-2H3. The summed E-state index contributed by atoms with van der Waals surface area (Å²) < 4.78 is 0. The van der Waals surface area contributed by atoms with E-state index in [-0.39, 0.29) is 6.04 Å². The molecule has 0 aliphatic rings. The predicted molar refractivity (Wildman–Crippen MR) is 36.2 cm³/mol. The van der Waals surface area contributed by atoms with Crippen LogP contribution >= 0.6 is 0 Å². The van der Waals surface area contributed by atoms with E-state index >= 15 is 0 Å². The monoisotopic (exact) mass is 141 g/mol. The second-order valence-electron chi connectivity index (χ2n) is 2.38. The van der Waals surface area contributed by atoms with E-state index in [0.717, 1.165) is 0 Å². The van der Waals surface area contributed by atoms with Gasteiger partial charge >= 0.3 is 0 Å². The maximum atomic E-state index is 5.52. The third kappa shape index (κ3) is 1.77. The van der Waals surface area contributed by atoms with Crippen LogP contribution in [0.25, 0.3) is 0 Å². The van der Waals surface area contributed by atoms with Crippen molar-refractivity contribution in [3.05, 3.63) is 5.82 Å². The van der Waals surface area contributed by atoms with Crippen LogP contribution in [0.15, 0.2) is 0 Å².